The Hall–Kier alpha value is 3.84. The third-order valence-electron chi connectivity index (χ3n) is 0. The standard InChI is InChI=1S/Mg.Nd.Y.Zn. The van der Waals surface area contributed by atoms with Crippen LogP contribution < -0.4 is 0 Å². The molecule has 0 spiro atoms. The minimum absolute atomic E-state index is 0. The van der Waals surface area contributed by atoms with E-state index in [0.29, 0.717) is 0 Å². The molecule has 0 aromatic rings. The summed E-state index contributed by atoms with van der Waals surface area (Å²) in [6, 6.07) is 0. The summed E-state index contributed by atoms with van der Waals surface area (Å²) in [6.07, 6.45) is 0. The SMILES string of the molecule is [Mg].[Nd].[Y].[Zn]. The molecule has 0 bridgehead atoms. The Morgan fingerprint density at radius 2 is 1.00 bits per heavy atom. The minimum atomic E-state index is 0. The first-order chi connectivity index (χ1) is 0. The summed E-state index contributed by atoms with van der Waals surface area (Å²) in [5.41, 5.74) is 0. The second kappa shape index (κ2) is 15.8. The molecule has 0 aromatic carbocycles. The van der Waals surface area contributed by atoms with E-state index in [1.165, 1.54) is 0 Å². The third kappa shape index (κ3) is 9.28. The maximum absolute atomic E-state index is 0. The van der Waals surface area contributed by atoms with Gasteiger partial charge in [-0.3, -0.25) is 0 Å². The Morgan fingerprint density at radius 1 is 1.00 bits per heavy atom. The third-order valence-corrected chi connectivity index (χ3v) is 0. The van der Waals surface area contributed by atoms with E-state index in [2.05, 4.69) is 0 Å². The zero-order valence-electron chi connectivity index (χ0n) is 2.49. The molecule has 4 heavy (non-hydrogen) atoms. The van der Waals surface area contributed by atoms with E-state index in [0.717, 1.165) is 0 Å². The van der Waals surface area contributed by atoms with Crippen LogP contribution in [0.4, 0.5) is 0 Å². The molecule has 0 rings (SSSR count). The van der Waals surface area contributed by atoms with Crippen LogP contribution >= 0.6 is 0 Å². The van der Waals surface area contributed by atoms with Gasteiger partial charge in [0.1, 0.15) is 0 Å². The molecule has 0 aliphatic heterocycles. The maximum atomic E-state index is 0. The largest absolute Gasteiger partial charge is 0 e. The van der Waals surface area contributed by atoms with Crippen LogP contribution in [0.15, 0.2) is 0 Å². The molecule has 0 heterocycles. The maximum Gasteiger partial charge on any atom is 0 e. The number of hydrogen-bond donors (Lipinski definition) is 0. The second-order valence-corrected chi connectivity index (χ2v) is 0. The van der Waals surface area contributed by atoms with E-state index in [1.54, 1.807) is 0 Å². The Balaban J connectivity index is 0. The zero-order valence-corrected chi connectivity index (χ0v) is 12.9. The van der Waals surface area contributed by atoms with Crippen LogP contribution in [-0.4, -0.2) is 23.1 Å². The van der Waals surface area contributed by atoms with Gasteiger partial charge in [0.15, 0.2) is 0 Å². The van der Waals surface area contributed by atoms with Crippen LogP contribution in [0.1, 0.15) is 0 Å². The predicted molar refractivity (Wildman–Crippen MR) is 5.75 cm³/mol. The topological polar surface area (TPSA) is 0 Å². The van der Waals surface area contributed by atoms with Crippen molar-refractivity contribution in [1.29, 1.82) is 0 Å². The van der Waals surface area contributed by atoms with Gasteiger partial charge < -0.3 is 0 Å². The van der Waals surface area contributed by atoms with Crippen LogP contribution in [0.2, 0.25) is 0 Å². The molecule has 0 amide bonds. The molecule has 4 heteroatoms. The molecular formula is MgNdYZn. The molecule has 11 valence electrons. The quantitative estimate of drug-likeness (QED) is 0.533. The van der Waals surface area contributed by atoms with Gasteiger partial charge in [0.2, 0.25) is 0 Å². The van der Waals surface area contributed by atoms with Gasteiger partial charge in [0.05, 0.1) is 0 Å². The van der Waals surface area contributed by atoms with Crippen molar-refractivity contribution in [2.45, 2.75) is 0 Å². The fraction of sp³-hybridized carbons (Fsp3) is 0. The van der Waals surface area contributed by atoms with Crippen LogP contribution in [0, 0.1) is 40.8 Å². The van der Waals surface area contributed by atoms with Crippen molar-refractivity contribution >= 4 is 23.1 Å². The van der Waals surface area contributed by atoms with E-state index in [9.17, 15) is 0 Å². The number of rotatable bonds is 0. The molecule has 0 saturated heterocycles. The molecule has 0 aliphatic carbocycles. The van der Waals surface area contributed by atoms with E-state index >= 15 is 0 Å². The molecule has 0 aliphatic rings. The summed E-state index contributed by atoms with van der Waals surface area (Å²) in [5, 5.41) is 0. The Morgan fingerprint density at radius 3 is 1.00 bits per heavy atom. The van der Waals surface area contributed by atoms with E-state index in [-0.39, 0.29) is 116 Å². The van der Waals surface area contributed by atoms with Crippen molar-refractivity contribution in [3.63, 3.8) is 0 Å². The molecule has 0 atom stereocenters. The summed E-state index contributed by atoms with van der Waals surface area (Å²) in [7, 11) is 0. The number of hydrogen-bond acceptors (Lipinski definition) is 0. The summed E-state index contributed by atoms with van der Waals surface area (Å²) >= 11 is 0. The van der Waals surface area contributed by atoms with Crippen molar-refractivity contribution < 1.29 is 93.0 Å². The fourth-order valence-corrected chi connectivity index (χ4v) is 0. The van der Waals surface area contributed by atoms with E-state index < -0.39 is 0 Å². The summed E-state index contributed by atoms with van der Waals surface area (Å²) in [6.45, 7) is 0. The normalized spacial score (nSPS) is 0. The van der Waals surface area contributed by atoms with Crippen molar-refractivity contribution in [3.05, 3.63) is 0 Å². The van der Waals surface area contributed by atoms with Gasteiger partial charge in [0.25, 0.3) is 0 Å². The molecule has 0 nitrogen and oxygen atoms in total. The summed E-state index contributed by atoms with van der Waals surface area (Å²) in [5.74, 6) is 0. The monoisotopic (exact) mass is 319 g/mol. The van der Waals surface area contributed by atoms with Gasteiger partial charge in [-0.15, -0.1) is 0 Å². The summed E-state index contributed by atoms with van der Waals surface area (Å²) < 4.78 is 0. The fourth-order valence-electron chi connectivity index (χ4n) is 0. The first kappa shape index (κ1) is 24.9. The smallest absolute Gasteiger partial charge is 0 e. The average molecular weight is 323 g/mol. The van der Waals surface area contributed by atoms with Gasteiger partial charge in [0, 0.05) is 116 Å². The van der Waals surface area contributed by atoms with Crippen molar-refractivity contribution in [2.24, 2.45) is 0 Å². The minimum Gasteiger partial charge on any atom is 0 e. The first-order valence-corrected chi connectivity index (χ1v) is 0. The Bertz CT molecular complexity index is 8.00. The van der Waals surface area contributed by atoms with Crippen LogP contribution in [0.25, 0.3) is 0 Å². The van der Waals surface area contributed by atoms with Crippen molar-refractivity contribution in [2.75, 3.05) is 0 Å². The van der Waals surface area contributed by atoms with Gasteiger partial charge >= 0.3 is 0 Å². The predicted octanol–water partition coefficient (Wildman–Crippen LogP) is -0.386. The van der Waals surface area contributed by atoms with Crippen LogP contribution in [0.5, 0.6) is 0 Å². The average Bonchev–Trinajstić information content (AvgIpc) is 0. The van der Waals surface area contributed by atoms with Gasteiger partial charge in [-0.25, -0.2) is 0 Å². The molecule has 0 fully saturated rings. The molecule has 0 N–H and O–H groups in total. The van der Waals surface area contributed by atoms with E-state index in [1.807, 2.05) is 0 Å². The van der Waals surface area contributed by atoms with Gasteiger partial charge in [-0.05, 0) is 0 Å². The molecule has 0 aromatic heterocycles. The molecule has 0 unspecified atom stereocenters. The first-order valence-electron chi connectivity index (χ1n) is 0. The molecule has 0 saturated carbocycles. The van der Waals surface area contributed by atoms with Crippen molar-refractivity contribution in [1.82, 2.24) is 0 Å². The van der Waals surface area contributed by atoms with Crippen molar-refractivity contribution in [3.8, 4) is 0 Å². The Kier molecular flexibility index (Phi) is 98.3. The molecule has 3 radical (unpaired) electrons. The zero-order chi connectivity index (χ0) is 0. The van der Waals surface area contributed by atoms with Gasteiger partial charge in [-0.1, -0.05) is 0 Å². The van der Waals surface area contributed by atoms with Gasteiger partial charge in [-0.2, -0.15) is 0 Å². The summed E-state index contributed by atoms with van der Waals surface area (Å²) in [4.78, 5) is 0. The molecular weight excluding hydrogens is 323 g/mol. The van der Waals surface area contributed by atoms with Crippen LogP contribution in [-0.2, 0) is 52.2 Å². The Labute approximate surface area is 113 Å². The van der Waals surface area contributed by atoms with Crippen LogP contribution in [0.3, 0.4) is 0 Å². The second-order valence-electron chi connectivity index (χ2n) is 0. The van der Waals surface area contributed by atoms with E-state index in [4.69, 9.17) is 0 Å².